The highest BCUT2D eigenvalue weighted by molar-refractivity contribution is 4.86. The van der Waals surface area contributed by atoms with Gasteiger partial charge in [-0.05, 0) is 25.8 Å². The monoisotopic (exact) mass is 196 g/mol. The fourth-order valence-corrected chi connectivity index (χ4v) is 2.04. The lowest BCUT2D eigenvalue weighted by molar-refractivity contribution is 0.249. The Morgan fingerprint density at radius 3 is 3.07 bits per heavy atom. The molecule has 14 heavy (non-hydrogen) atoms. The van der Waals surface area contributed by atoms with Crippen molar-refractivity contribution < 1.29 is 0 Å². The first-order chi connectivity index (χ1) is 6.79. The van der Waals surface area contributed by atoms with Crippen LogP contribution in [-0.2, 0) is 6.54 Å². The fraction of sp³-hybridized carbons (Fsp3) is 0.875. The summed E-state index contributed by atoms with van der Waals surface area (Å²) < 4.78 is 0. The van der Waals surface area contributed by atoms with Gasteiger partial charge in [0.2, 0.25) is 0 Å². The zero-order valence-electron chi connectivity index (χ0n) is 8.35. The summed E-state index contributed by atoms with van der Waals surface area (Å²) in [6.45, 7) is 4.81. The zero-order chi connectivity index (χ0) is 9.97. The van der Waals surface area contributed by atoms with E-state index in [4.69, 9.17) is 5.73 Å². The van der Waals surface area contributed by atoms with Crippen molar-refractivity contribution in [1.29, 1.82) is 0 Å². The largest absolute Gasteiger partial charge is 0.330 e. The van der Waals surface area contributed by atoms with Crippen molar-refractivity contribution in [3.63, 3.8) is 0 Å². The maximum atomic E-state index is 5.66. The van der Waals surface area contributed by atoms with Crippen LogP contribution >= 0.6 is 0 Å². The van der Waals surface area contributed by atoms with Gasteiger partial charge in [0.25, 0.3) is 0 Å². The molecule has 2 rings (SSSR count). The molecule has 0 bridgehead atoms. The highest BCUT2D eigenvalue weighted by Crippen LogP contribution is 2.22. The van der Waals surface area contributed by atoms with Crippen molar-refractivity contribution in [3.8, 4) is 0 Å². The van der Waals surface area contributed by atoms with Crippen LogP contribution in [-0.4, -0.2) is 44.7 Å². The molecule has 78 valence electrons. The summed E-state index contributed by atoms with van der Waals surface area (Å²) in [6, 6.07) is 0.571. The molecule has 2 atom stereocenters. The number of nitrogens with one attached hydrogen (secondary N) is 1. The SMILES string of the molecule is CC1CC(CN)CN1Cc1nn[nH]n1. The second-order valence-corrected chi connectivity index (χ2v) is 3.94. The Kier molecular flexibility index (Phi) is 2.74. The molecule has 0 saturated carbocycles. The minimum Gasteiger partial charge on any atom is -0.330 e. The molecule has 3 N–H and O–H groups in total. The average Bonchev–Trinajstić information content (AvgIpc) is 2.78. The van der Waals surface area contributed by atoms with Crippen LogP contribution in [0.25, 0.3) is 0 Å². The molecule has 6 heteroatoms. The van der Waals surface area contributed by atoms with Crippen molar-refractivity contribution in [1.82, 2.24) is 25.5 Å². The van der Waals surface area contributed by atoms with Gasteiger partial charge in [0.05, 0.1) is 6.54 Å². The summed E-state index contributed by atoms with van der Waals surface area (Å²) in [5, 5.41) is 13.9. The van der Waals surface area contributed by atoms with Crippen LogP contribution in [0.4, 0.5) is 0 Å². The molecular weight excluding hydrogens is 180 g/mol. The molecule has 0 aromatic carbocycles. The van der Waals surface area contributed by atoms with E-state index in [1.165, 1.54) is 6.42 Å². The third kappa shape index (κ3) is 1.91. The van der Waals surface area contributed by atoms with E-state index >= 15 is 0 Å². The number of nitrogens with zero attached hydrogens (tertiary/aromatic N) is 4. The lowest BCUT2D eigenvalue weighted by Gasteiger charge is -2.18. The minimum atomic E-state index is 0.571. The van der Waals surface area contributed by atoms with E-state index < -0.39 is 0 Å². The third-order valence-corrected chi connectivity index (χ3v) is 2.86. The number of tetrazole rings is 1. The van der Waals surface area contributed by atoms with E-state index in [-0.39, 0.29) is 0 Å². The van der Waals surface area contributed by atoms with Crippen molar-refractivity contribution in [2.75, 3.05) is 13.1 Å². The maximum absolute atomic E-state index is 5.66. The predicted octanol–water partition coefficient (Wildman–Crippen LogP) is -0.631. The van der Waals surface area contributed by atoms with Gasteiger partial charge >= 0.3 is 0 Å². The molecule has 1 aliphatic rings. The molecule has 1 aromatic heterocycles. The number of nitrogens with two attached hydrogens (primary N) is 1. The van der Waals surface area contributed by atoms with Gasteiger partial charge in [-0.2, -0.15) is 5.21 Å². The second-order valence-electron chi connectivity index (χ2n) is 3.94. The van der Waals surface area contributed by atoms with E-state index in [0.717, 1.165) is 25.5 Å². The standard InChI is InChI=1S/C8H16N6/c1-6-2-7(3-9)4-14(6)5-8-10-12-13-11-8/h6-7H,2-5,9H2,1H3,(H,10,11,12,13). The maximum Gasteiger partial charge on any atom is 0.188 e. The number of H-pyrrole nitrogens is 1. The lowest BCUT2D eigenvalue weighted by atomic mass is 10.1. The van der Waals surface area contributed by atoms with Gasteiger partial charge in [0.1, 0.15) is 0 Å². The number of aromatic amines is 1. The molecule has 0 spiro atoms. The number of hydrogen-bond donors (Lipinski definition) is 2. The van der Waals surface area contributed by atoms with Gasteiger partial charge < -0.3 is 5.73 Å². The van der Waals surface area contributed by atoms with Crippen LogP contribution in [0.5, 0.6) is 0 Å². The van der Waals surface area contributed by atoms with E-state index in [1.807, 2.05) is 0 Å². The first kappa shape index (κ1) is 9.54. The molecule has 1 fully saturated rings. The Labute approximate surface area is 82.9 Å². The Morgan fingerprint density at radius 1 is 1.64 bits per heavy atom. The highest BCUT2D eigenvalue weighted by atomic mass is 15.5. The van der Waals surface area contributed by atoms with Crippen LogP contribution in [0.1, 0.15) is 19.2 Å². The second kappa shape index (κ2) is 4.02. The van der Waals surface area contributed by atoms with Gasteiger partial charge in [-0.25, -0.2) is 0 Å². The number of aromatic nitrogens is 4. The summed E-state index contributed by atoms with van der Waals surface area (Å²) in [7, 11) is 0. The Bertz CT molecular complexity index is 271. The third-order valence-electron chi connectivity index (χ3n) is 2.86. The van der Waals surface area contributed by atoms with E-state index in [1.54, 1.807) is 0 Å². The molecule has 2 unspecified atom stereocenters. The molecule has 0 amide bonds. The first-order valence-electron chi connectivity index (χ1n) is 4.96. The number of likely N-dealkylation sites (tertiary alicyclic amines) is 1. The summed E-state index contributed by atoms with van der Waals surface area (Å²) >= 11 is 0. The van der Waals surface area contributed by atoms with Crippen LogP contribution < -0.4 is 5.73 Å². The minimum absolute atomic E-state index is 0.571. The van der Waals surface area contributed by atoms with Crippen molar-refractivity contribution in [2.24, 2.45) is 11.7 Å². The first-order valence-corrected chi connectivity index (χ1v) is 4.96. The average molecular weight is 196 g/mol. The van der Waals surface area contributed by atoms with E-state index in [0.29, 0.717) is 12.0 Å². The highest BCUT2D eigenvalue weighted by Gasteiger charge is 2.28. The van der Waals surface area contributed by atoms with Crippen LogP contribution in [0, 0.1) is 5.92 Å². The van der Waals surface area contributed by atoms with Gasteiger partial charge in [-0.3, -0.25) is 4.90 Å². The molecule has 0 aliphatic carbocycles. The smallest absolute Gasteiger partial charge is 0.188 e. The molecular formula is C8H16N6. The molecule has 1 aromatic rings. The molecule has 2 heterocycles. The van der Waals surface area contributed by atoms with Crippen LogP contribution in [0.15, 0.2) is 0 Å². The summed E-state index contributed by atoms with van der Waals surface area (Å²) in [5.41, 5.74) is 5.66. The van der Waals surface area contributed by atoms with Gasteiger partial charge in [0, 0.05) is 12.6 Å². The predicted molar refractivity (Wildman–Crippen MR) is 51.2 cm³/mol. The van der Waals surface area contributed by atoms with Gasteiger partial charge in [-0.15, -0.1) is 10.2 Å². The molecule has 1 saturated heterocycles. The summed E-state index contributed by atoms with van der Waals surface area (Å²) in [4.78, 5) is 2.35. The zero-order valence-corrected chi connectivity index (χ0v) is 8.35. The lowest BCUT2D eigenvalue weighted by Crippen LogP contribution is -2.27. The topological polar surface area (TPSA) is 83.7 Å². The normalized spacial score (nSPS) is 28.4. The van der Waals surface area contributed by atoms with E-state index in [2.05, 4.69) is 32.4 Å². The summed E-state index contributed by atoms with van der Waals surface area (Å²) in [6.07, 6.45) is 1.17. The van der Waals surface area contributed by atoms with Crippen LogP contribution in [0.3, 0.4) is 0 Å². The van der Waals surface area contributed by atoms with Gasteiger partial charge in [0.15, 0.2) is 5.82 Å². The molecule has 6 nitrogen and oxygen atoms in total. The van der Waals surface area contributed by atoms with Gasteiger partial charge in [-0.1, -0.05) is 5.21 Å². The fourth-order valence-electron chi connectivity index (χ4n) is 2.04. The van der Waals surface area contributed by atoms with Crippen LogP contribution in [0.2, 0.25) is 0 Å². The summed E-state index contributed by atoms with van der Waals surface area (Å²) in [5.74, 6) is 1.38. The quantitative estimate of drug-likeness (QED) is 0.672. The molecule has 1 aliphatic heterocycles. The number of hydrogen-bond acceptors (Lipinski definition) is 5. The number of rotatable bonds is 3. The Hall–Kier alpha value is -1.01. The van der Waals surface area contributed by atoms with Crippen molar-refractivity contribution in [2.45, 2.75) is 25.9 Å². The van der Waals surface area contributed by atoms with Crippen molar-refractivity contribution >= 4 is 0 Å². The molecule has 0 radical (unpaired) electrons. The van der Waals surface area contributed by atoms with E-state index in [9.17, 15) is 0 Å². The Morgan fingerprint density at radius 2 is 2.50 bits per heavy atom. The van der Waals surface area contributed by atoms with Crippen molar-refractivity contribution in [3.05, 3.63) is 5.82 Å². The Balaban J connectivity index is 1.93.